The Bertz CT molecular complexity index is 4490. The average molecular weight is 959 g/mol. The smallest absolute Gasteiger partial charge is 0.307 e. The van der Waals surface area contributed by atoms with E-state index in [2.05, 4.69) is 12.1 Å². The van der Waals surface area contributed by atoms with Crippen LogP contribution in [0.5, 0.6) is 0 Å². The number of aromatic nitrogens is 2. The van der Waals surface area contributed by atoms with Crippen LogP contribution in [-0.2, 0) is 12.4 Å². The van der Waals surface area contributed by atoms with Crippen molar-refractivity contribution in [3.05, 3.63) is 192 Å². The van der Waals surface area contributed by atoms with E-state index >= 15 is 0 Å². The minimum atomic E-state index is -4.68. The number of hydrogen-bond donors (Lipinski definition) is 0. The molecule has 0 aliphatic rings. The second kappa shape index (κ2) is 15.0. The lowest BCUT2D eigenvalue weighted by Gasteiger charge is -2.26. The first-order chi connectivity index (χ1) is 33.9. The molecule has 0 aliphatic heterocycles. The molecule has 0 saturated heterocycles. The van der Waals surface area contributed by atoms with Gasteiger partial charge in [-0.2, -0.15) is 36.9 Å². The molecule has 13 aromatic rings. The van der Waals surface area contributed by atoms with Crippen molar-refractivity contribution in [2.45, 2.75) is 12.4 Å². The molecule has 0 bridgehead atoms. The van der Waals surface area contributed by atoms with E-state index in [9.17, 15) is 36.9 Å². The van der Waals surface area contributed by atoms with Crippen LogP contribution in [0, 0.1) is 22.7 Å². The van der Waals surface area contributed by atoms with Crippen molar-refractivity contribution in [2.24, 2.45) is 0 Å². The van der Waals surface area contributed by atoms with E-state index in [1.54, 1.807) is 69.7 Å². The average Bonchev–Trinajstić information content (AvgIpc) is 4.12. The number of thiophene rings is 2. The fourth-order valence-electron chi connectivity index (χ4n) is 10.6. The van der Waals surface area contributed by atoms with Gasteiger partial charge in [-0.3, -0.25) is 0 Å². The summed E-state index contributed by atoms with van der Waals surface area (Å²) < 4.78 is 95.2. The van der Waals surface area contributed by atoms with Crippen LogP contribution < -0.4 is 0 Å². The topological polar surface area (TPSA) is 57.4 Å². The highest BCUT2D eigenvalue weighted by Crippen LogP contribution is 2.54. The van der Waals surface area contributed by atoms with Crippen molar-refractivity contribution in [1.82, 2.24) is 9.13 Å². The lowest BCUT2D eigenvalue weighted by molar-refractivity contribution is -0.138. The second-order valence-electron chi connectivity index (χ2n) is 17.1. The Balaban J connectivity index is 1.34. The van der Waals surface area contributed by atoms with Crippen LogP contribution in [-0.4, -0.2) is 9.13 Å². The molecule has 0 spiro atoms. The van der Waals surface area contributed by atoms with Gasteiger partial charge in [0.05, 0.1) is 55.7 Å². The van der Waals surface area contributed by atoms with Gasteiger partial charge in [-0.1, -0.05) is 109 Å². The minimum Gasteiger partial charge on any atom is -0.307 e. The molecule has 70 heavy (non-hydrogen) atoms. The molecule has 334 valence electrons. The van der Waals surface area contributed by atoms with Gasteiger partial charge in [-0.25, -0.2) is 0 Å². The Morgan fingerprint density at radius 2 is 0.771 bits per heavy atom. The Labute approximate surface area is 400 Å². The maximum atomic E-state index is 14.7. The lowest BCUT2D eigenvalue weighted by Crippen LogP contribution is -2.12. The summed E-state index contributed by atoms with van der Waals surface area (Å²) >= 11 is 3.10. The predicted octanol–water partition coefficient (Wildman–Crippen LogP) is 17.7. The number of nitriles is 2. The van der Waals surface area contributed by atoms with E-state index in [-0.39, 0.29) is 27.6 Å². The fraction of sp³-hybridized carbons (Fsp3) is 0.0345. The normalized spacial score (nSPS) is 12.4. The summed E-state index contributed by atoms with van der Waals surface area (Å²) in [4.78, 5) is 0. The number of alkyl halides is 6. The third-order valence-corrected chi connectivity index (χ3v) is 15.9. The molecule has 4 aromatic heterocycles. The summed E-state index contributed by atoms with van der Waals surface area (Å²) in [7, 11) is 0. The summed E-state index contributed by atoms with van der Waals surface area (Å²) in [6.07, 6.45) is -9.36. The zero-order chi connectivity index (χ0) is 47.8. The van der Waals surface area contributed by atoms with Crippen molar-refractivity contribution in [3.8, 4) is 45.8 Å². The van der Waals surface area contributed by atoms with E-state index in [1.165, 1.54) is 12.1 Å². The van der Waals surface area contributed by atoms with E-state index in [1.807, 2.05) is 95.6 Å². The molecule has 0 aliphatic carbocycles. The highest BCUT2D eigenvalue weighted by Gasteiger charge is 2.36. The Morgan fingerprint density at radius 3 is 1.24 bits per heavy atom. The van der Waals surface area contributed by atoms with Gasteiger partial charge in [0.1, 0.15) is 12.1 Å². The first-order valence-electron chi connectivity index (χ1n) is 22.0. The standard InChI is InChI=1S/C58H28F6N4S2/c59-57(60,61)31-23-25-47-41(27-31)33-11-1-5-19-45(33)67(47)53-44(30-66)43(29-65)51(39-17-9-15-37-35-13-3-7-21-49(35)69-55(37)39)52(40-18-10-16-38-36-14-4-8-22-50(36)70-56(38)40)54(53)68-46-20-6-2-12-34(46)42-28-32(58(62,63)64)24-26-48(42)68/h1-28H. The molecule has 4 nitrogen and oxygen atoms in total. The lowest BCUT2D eigenvalue weighted by atomic mass is 9.84. The maximum Gasteiger partial charge on any atom is 0.416 e. The largest absolute Gasteiger partial charge is 0.416 e. The maximum absolute atomic E-state index is 14.7. The van der Waals surface area contributed by atoms with E-state index < -0.39 is 23.5 Å². The van der Waals surface area contributed by atoms with E-state index in [4.69, 9.17) is 0 Å². The number of fused-ring (bicyclic) bond motifs is 12. The Morgan fingerprint density at radius 1 is 0.371 bits per heavy atom. The van der Waals surface area contributed by atoms with Crippen molar-refractivity contribution in [1.29, 1.82) is 10.5 Å². The molecular weight excluding hydrogens is 931 g/mol. The van der Waals surface area contributed by atoms with Gasteiger partial charge in [0.25, 0.3) is 0 Å². The van der Waals surface area contributed by atoms with Gasteiger partial charge < -0.3 is 9.13 Å². The molecule has 12 heteroatoms. The third-order valence-electron chi connectivity index (χ3n) is 13.5. The predicted molar refractivity (Wildman–Crippen MR) is 271 cm³/mol. The zero-order valence-electron chi connectivity index (χ0n) is 36.0. The SMILES string of the molecule is N#Cc1c(C#N)c(-n2c3ccccc3c3cc(C(F)(F)F)ccc32)c(-n2c3ccccc3c3cc(C(F)(F)F)ccc32)c(-c2cccc3c2sc2ccccc23)c1-c1cccc2c1sc1ccccc12. The number of nitrogens with zero attached hydrogens (tertiary/aromatic N) is 4. The summed E-state index contributed by atoms with van der Waals surface area (Å²) in [5, 5.41) is 29.0. The highest BCUT2D eigenvalue weighted by molar-refractivity contribution is 7.26. The van der Waals surface area contributed by atoms with Crippen molar-refractivity contribution in [3.63, 3.8) is 0 Å². The zero-order valence-corrected chi connectivity index (χ0v) is 37.7. The van der Waals surface area contributed by atoms with Gasteiger partial charge in [0, 0.05) is 84.1 Å². The molecule has 0 fully saturated rings. The summed E-state index contributed by atoms with van der Waals surface area (Å²) in [6.45, 7) is 0. The molecular formula is C58H28F6N4S2. The number of hydrogen-bond acceptors (Lipinski definition) is 4. The van der Waals surface area contributed by atoms with Crippen LogP contribution in [0.25, 0.3) is 118 Å². The van der Waals surface area contributed by atoms with Gasteiger partial charge in [-0.05, 0) is 60.7 Å². The third kappa shape index (κ3) is 5.94. The monoisotopic (exact) mass is 958 g/mol. The van der Waals surface area contributed by atoms with Crippen molar-refractivity contribution >= 4 is 107 Å². The minimum absolute atomic E-state index is 0.0253. The van der Waals surface area contributed by atoms with E-state index in [0.29, 0.717) is 60.8 Å². The fourth-order valence-corrected chi connectivity index (χ4v) is 13.0. The van der Waals surface area contributed by atoms with Crippen LogP contribution in [0.15, 0.2) is 170 Å². The van der Waals surface area contributed by atoms with Gasteiger partial charge in [0.2, 0.25) is 0 Å². The van der Waals surface area contributed by atoms with Crippen molar-refractivity contribution in [2.75, 3.05) is 0 Å². The van der Waals surface area contributed by atoms with Crippen LogP contribution in [0.1, 0.15) is 22.3 Å². The molecule has 9 aromatic carbocycles. The van der Waals surface area contributed by atoms with E-state index in [0.717, 1.165) is 64.6 Å². The second-order valence-corrected chi connectivity index (χ2v) is 19.3. The highest BCUT2D eigenvalue weighted by atomic mass is 32.1. The van der Waals surface area contributed by atoms with Crippen molar-refractivity contribution < 1.29 is 26.3 Å². The molecule has 0 saturated carbocycles. The molecule has 13 rings (SSSR count). The molecule has 0 atom stereocenters. The van der Waals surface area contributed by atoms with Crippen LogP contribution in [0.3, 0.4) is 0 Å². The number of benzene rings is 9. The summed E-state index contributed by atoms with van der Waals surface area (Å²) in [5.41, 5.74) is 2.68. The van der Waals surface area contributed by atoms with Gasteiger partial charge in [-0.15, -0.1) is 22.7 Å². The summed E-state index contributed by atoms with van der Waals surface area (Å²) in [6, 6.07) is 53.9. The molecule has 0 amide bonds. The Kier molecular flexibility index (Phi) is 8.97. The molecule has 4 heterocycles. The van der Waals surface area contributed by atoms with Crippen LogP contribution in [0.2, 0.25) is 0 Å². The van der Waals surface area contributed by atoms with Crippen LogP contribution >= 0.6 is 22.7 Å². The quantitative estimate of drug-likeness (QED) is 0.165. The molecule has 0 radical (unpaired) electrons. The Hall–Kier alpha value is -8.42. The van der Waals surface area contributed by atoms with Gasteiger partial charge in [0.15, 0.2) is 0 Å². The number of halogens is 6. The first kappa shape index (κ1) is 41.7. The summed E-state index contributed by atoms with van der Waals surface area (Å²) in [5.74, 6) is 0. The molecule has 0 unspecified atom stereocenters. The van der Waals surface area contributed by atoms with Crippen LogP contribution in [0.4, 0.5) is 26.3 Å². The van der Waals surface area contributed by atoms with Gasteiger partial charge >= 0.3 is 12.4 Å². The first-order valence-corrected chi connectivity index (χ1v) is 23.6. The number of para-hydroxylation sites is 2. The molecule has 0 N–H and O–H groups in total. The number of rotatable bonds is 4.